The van der Waals surface area contributed by atoms with Crippen molar-refractivity contribution in [1.82, 2.24) is 9.88 Å². The monoisotopic (exact) mass is 242 g/mol. The zero-order valence-electron chi connectivity index (χ0n) is 9.86. The van der Waals surface area contributed by atoms with Gasteiger partial charge in [-0.3, -0.25) is 9.88 Å². The highest BCUT2D eigenvalue weighted by Crippen LogP contribution is 2.17. The number of aromatic nitrogens is 1. The fourth-order valence-corrected chi connectivity index (χ4v) is 1.72. The number of hydrogen-bond acceptors (Lipinski definition) is 3. The van der Waals surface area contributed by atoms with E-state index >= 15 is 0 Å². The highest BCUT2D eigenvalue weighted by molar-refractivity contribution is 6.31. The molecule has 0 aliphatic rings. The van der Waals surface area contributed by atoms with Gasteiger partial charge < -0.3 is 5.11 Å². The zero-order chi connectivity index (χ0) is 12.0. The molecule has 1 rings (SSSR count). The van der Waals surface area contributed by atoms with Crippen LogP contribution in [0.2, 0.25) is 5.02 Å². The maximum atomic E-state index is 8.85. The molecule has 0 spiro atoms. The van der Waals surface area contributed by atoms with E-state index < -0.39 is 0 Å². The Balaban J connectivity index is 2.64. The first kappa shape index (κ1) is 13.4. The summed E-state index contributed by atoms with van der Waals surface area (Å²) in [5, 5.41) is 9.56. The van der Waals surface area contributed by atoms with Gasteiger partial charge in [0, 0.05) is 38.1 Å². The highest BCUT2D eigenvalue weighted by Gasteiger charge is 2.11. The number of hydrogen-bond donors (Lipinski definition) is 1. The predicted molar refractivity (Wildman–Crippen MR) is 66.5 cm³/mol. The van der Waals surface area contributed by atoms with E-state index in [0.29, 0.717) is 11.1 Å². The lowest BCUT2D eigenvalue weighted by Crippen LogP contribution is -2.31. The molecule has 3 nitrogen and oxygen atoms in total. The van der Waals surface area contributed by atoms with E-state index in [1.165, 1.54) is 0 Å². The predicted octanol–water partition coefficient (Wildman–Crippen LogP) is 2.33. The maximum absolute atomic E-state index is 8.85. The van der Waals surface area contributed by atoms with Crippen LogP contribution in [-0.2, 0) is 6.54 Å². The summed E-state index contributed by atoms with van der Waals surface area (Å²) in [7, 11) is 0. The highest BCUT2D eigenvalue weighted by atomic mass is 35.5. The van der Waals surface area contributed by atoms with Crippen LogP contribution in [0, 0.1) is 0 Å². The first-order valence-corrected chi connectivity index (χ1v) is 5.96. The molecule has 0 aliphatic heterocycles. The summed E-state index contributed by atoms with van der Waals surface area (Å²) in [6, 6.07) is 2.38. The lowest BCUT2D eigenvalue weighted by molar-refractivity contribution is 0.185. The summed E-state index contributed by atoms with van der Waals surface area (Å²) in [4.78, 5) is 6.26. The third kappa shape index (κ3) is 4.08. The van der Waals surface area contributed by atoms with E-state index in [2.05, 4.69) is 23.7 Å². The Hall–Kier alpha value is -0.640. The Morgan fingerprint density at radius 3 is 2.81 bits per heavy atom. The minimum absolute atomic E-state index is 0.229. The van der Waals surface area contributed by atoms with Crippen molar-refractivity contribution in [1.29, 1.82) is 0 Å². The number of aliphatic hydroxyl groups is 1. The Morgan fingerprint density at radius 2 is 2.25 bits per heavy atom. The van der Waals surface area contributed by atoms with Crippen molar-refractivity contribution >= 4 is 11.6 Å². The number of rotatable bonds is 6. The molecule has 90 valence electrons. The Bertz CT molecular complexity index is 318. The minimum atomic E-state index is 0.229. The Morgan fingerprint density at radius 1 is 1.50 bits per heavy atom. The Kier molecular flexibility index (Phi) is 5.74. The van der Waals surface area contributed by atoms with Crippen molar-refractivity contribution in [2.75, 3.05) is 13.2 Å². The molecule has 0 saturated heterocycles. The molecule has 0 unspecified atom stereocenters. The molecule has 0 radical (unpaired) electrons. The normalized spacial score (nSPS) is 11.4. The molecule has 1 aromatic rings. The molecule has 1 aromatic heterocycles. The quantitative estimate of drug-likeness (QED) is 0.832. The summed E-state index contributed by atoms with van der Waals surface area (Å²) >= 11 is 6.07. The van der Waals surface area contributed by atoms with Gasteiger partial charge in [0.25, 0.3) is 0 Å². The maximum Gasteiger partial charge on any atom is 0.0634 e. The van der Waals surface area contributed by atoms with Crippen LogP contribution in [0.3, 0.4) is 0 Å². The van der Waals surface area contributed by atoms with Gasteiger partial charge in [-0.25, -0.2) is 0 Å². The van der Waals surface area contributed by atoms with Gasteiger partial charge in [0.05, 0.1) is 5.02 Å². The zero-order valence-corrected chi connectivity index (χ0v) is 10.6. The van der Waals surface area contributed by atoms with Gasteiger partial charge in [-0.15, -0.1) is 0 Å². The van der Waals surface area contributed by atoms with Crippen molar-refractivity contribution in [2.24, 2.45) is 0 Å². The van der Waals surface area contributed by atoms with Crippen LogP contribution >= 0.6 is 11.6 Å². The van der Waals surface area contributed by atoms with E-state index in [9.17, 15) is 0 Å². The van der Waals surface area contributed by atoms with Gasteiger partial charge in [-0.05, 0) is 31.9 Å². The molecule has 0 aliphatic carbocycles. The van der Waals surface area contributed by atoms with E-state index in [-0.39, 0.29) is 6.61 Å². The van der Waals surface area contributed by atoms with Gasteiger partial charge in [0.15, 0.2) is 0 Å². The first-order chi connectivity index (χ1) is 7.65. The molecular weight excluding hydrogens is 224 g/mol. The average molecular weight is 243 g/mol. The molecule has 0 fully saturated rings. The van der Waals surface area contributed by atoms with Gasteiger partial charge >= 0.3 is 0 Å². The summed E-state index contributed by atoms with van der Waals surface area (Å²) in [5.74, 6) is 0. The van der Waals surface area contributed by atoms with Gasteiger partial charge in [0.2, 0.25) is 0 Å². The standard InChI is InChI=1S/C12H19ClN2O/c1-10(2)15(6-3-7-16)9-11-4-5-14-8-12(11)13/h4-5,8,10,16H,3,6-7,9H2,1-2H3. The molecule has 0 atom stereocenters. The fraction of sp³-hybridized carbons (Fsp3) is 0.583. The van der Waals surface area contributed by atoms with Crippen LogP contribution in [0.5, 0.6) is 0 Å². The molecule has 4 heteroatoms. The van der Waals surface area contributed by atoms with Crippen molar-refractivity contribution in [2.45, 2.75) is 32.9 Å². The average Bonchev–Trinajstić information content (AvgIpc) is 2.26. The number of pyridine rings is 1. The summed E-state index contributed by atoms with van der Waals surface area (Å²) in [5.41, 5.74) is 1.09. The van der Waals surface area contributed by atoms with Crippen molar-refractivity contribution < 1.29 is 5.11 Å². The molecular formula is C12H19ClN2O. The molecule has 0 saturated carbocycles. The summed E-state index contributed by atoms with van der Waals surface area (Å²) in [6.07, 6.45) is 4.22. The van der Waals surface area contributed by atoms with Crippen LogP contribution in [-0.4, -0.2) is 34.2 Å². The molecule has 0 aromatic carbocycles. The summed E-state index contributed by atoms with van der Waals surface area (Å²) < 4.78 is 0. The van der Waals surface area contributed by atoms with E-state index in [1.807, 2.05) is 6.07 Å². The van der Waals surface area contributed by atoms with Gasteiger partial charge in [-0.2, -0.15) is 0 Å². The lowest BCUT2D eigenvalue weighted by Gasteiger charge is -2.26. The van der Waals surface area contributed by atoms with Crippen LogP contribution < -0.4 is 0 Å². The van der Waals surface area contributed by atoms with Crippen molar-refractivity contribution in [3.8, 4) is 0 Å². The first-order valence-electron chi connectivity index (χ1n) is 5.58. The lowest BCUT2D eigenvalue weighted by atomic mass is 10.2. The second-order valence-electron chi connectivity index (χ2n) is 4.11. The van der Waals surface area contributed by atoms with Crippen LogP contribution in [0.25, 0.3) is 0 Å². The number of halogens is 1. The largest absolute Gasteiger partial charge is 0.396 e. The smallest absolute Gasteiger partial charge is 0.0634 e. The molecule has 16 heavy (non-hydrogen) atoms. The third-order valence-corrected chi connectivity index (χ3v) is 2.90. The molecule has 0 bridgehead atoms. The van der Waals surface area contributed by atoms with Crippen LogP contribution in [0.4, 0.5) is 0 Å². The number of nitrogens with zero attached hydrogens (tertiary/aromatic N) is 2. The molecule has 1 N–H and O–H groups in total. The Labute approximate surface area is 102 Å². The fourth-order valence-electron chi connectivity index (χ4n) is 1.54. The van der Waals surface area contributed by atoms with Gasteiger partial charge in [0.1, 0.15) is 0 Å². The van der Waals surface area contributed by atoms with Crippen LogP contribution in [0.1, 0.15) is 25.8 Å². The molecule has 1 heterocycles. The topological polar surface area (TPSA) is 36.4 Å². The van der Waals surface area contributed by atoms with Gasteiger partial charge in [-0.1, -0.05) is 11.6 Å². The minimum Gasteiger partial charge on any atom is -0.396 e. The number of aliphatic hydroxyl groups excluding tert-OH is 1. The van der Waals surface area contributed by atoms with Crippen LogP contribution in [0.15, 0.2) is 18.5 Å². The SMILES string of the molecule is CC(C)N(CCCO)Cc1ccncc1Cl. The van der Waals surface area contributed by atoms with E-state index in [1.54, 1.807) is 12.4 Å². The molecule has 0 amide bonds. The second-order valence-corrected chi connectivity index (χ2v) is 4.52. The third-order valence-electron chi connectivity index (χ3n) is 2.56. The van der Waals surface area contributed by atoms with Crippen molar-refractivity contribution in [3.05, 3.63) is 29.0 Å². The summed E-state index contributed by atoms with van der Waals surface area (Å²) in [6.45, 7) is 6.21. The second kappa shape index (κ2) is 6.84. The van der Waals surface area contributed by atoms with E-state index in [0.717, 1.165) is 25.1 Å². The van der Waals surface area contributed by atoms with E-state index in [4.69, 9.17) is 16.7 Å². The van der Waals surface area contributed by atoms with Crippen molar-refractivity contribution in [3.63, 3.8) is 0 Å².